The number of hydrogen-bond acceptors (Lipinski definition) is 2. The summed E-state index contributed by atoms with van der Waals surface area (Å²) >= 11 is 0. The van der Waals surface area contributed by atoms with Gasteiger partial charge < -0.3 is 4.74 Å². The Kier molecular flexibility index (Phi) is 0.805. The standard InChI is InChI=1S/C5H8O2/c1-3-4(2)7-5(3)6/h3-4H,1-2H3/t3-,4-/m1/s1. The molecule has 1 heterocycles. The van der Waals surface area contributed by atoms with Crippen LogP contribution in [-0.2, 0) is 9.53 Å². The zero-order valence-corrected chi connectivity index (χ0v) is 4.47. The third kappa shape index (κ3) is 0.501. The van der Waals surface area contributed by atoms with Crippen molar-refractivity contribution in [1.82, 2.24) is 0 Å². The zero-order chi connectivity index (χ0) is 5.44. The van der Waals surface area contributed by atoms with Gasteiger partial charge in [-0.25, -0.2) is 0 Å². The number of esters is 1. The van der Waals surface area contributed by atoms with E-state index in [0.717, 1.165) is 0 Å². The molecule has 0 radical (unpaired) electrons. The Morgan fingerprint density at radius 2 is 2.14 bits per heavy atom. The average molecular weight is 100 g/mol. The first-order valence-electron chi connectivity index (χ1n) is 2.42. The lowest BCUT2D eigenvalue weighted by Gasteiger charge is -2.28. The molecule has 0 bridgehead atoms. The van der Waals surface area contributed by atoms with E-state index in [1.165, 1.54) is 0 Å². The van der Waals surface area contributed by atoms with Crippen LogP contribution in [-0.4, -0.2) is 12.1 Å². The van der Waals surface area contributed by atoms with Crippen LogP contribution >= 0.6 is 0 Å². The number of ether oxygens (including phenoxy) is 1. The lowest BCUT2D eigenvalue weighted by Crippen LogP contribution is -2.40. The van der Waals surface area contributed by atoms with Crippen molar-refractivity contribution >= 4 is 5.97 Å². The highest BCUT2D eigenvalue weighted by Gasteiger charge is 2.34. The molecule has 0 aromatic carbocycles. The van der Waals surface area contributed by atoms with E-state index in [4.69, 9.17) is 0 Å². The van der Waals surface area contributed by atoms with Gasteiger partial charge in [-0.1, -0.05) is 0 Å². The molecule has 0 aliphatic carbocycles. The molecule has 1 aliphatic rings. The number of carbonyl (C=O) groups excluding carboxylic acids is 1. The summed E-state index contributed by atoms with van der Waals surface area (Å²) in [4.78, 5) is 10.2. The molecule has 0 saturated carbocycles. The van der Waals surface area contributed by atoms with Gasteiger partial charge in [-0.2, -0.15) is 0 Å². The molecule has 1 rings (SSSR count). The molecular weight excluding hydrogens is 92.1 g/mol. The van der Waals surface area contributed by atoms with Crippen LogP contribution in [0, 0.1) is 5.92 Å². The van der Waals surface area contributed by atoms with E-state index < -0.39 is 0 Å². The highest BCUT2D eigenvalue weighted by molar-refractivity contribution is 5.77. The van der Waals surface area contributed by atoms with Crippen LogP contribution in [0.5, 0.6) is 0 Å². The van der Waals surface area contributed by atoms with E-state index in [-0.39, 0.29) is 18.0 Å². The van der Waals surface area contributed by atoms with Crippen molar-refractivity contribution in [3.63, 3.8) is 0 Å². The summed E-state index contributed by atoms with van der Waals surface area (Å²) in [6.07, 6.45) is 0.160. The van der Waals surface area contributed by atoms with Crippen molar-refractivity contribution < 1.29 is 9.53 Å². The molecule has 40 valence electrons. The SMILES string of the molecule is C[C@H]1OC(=O)[C@@H]1C. The first-order valence-corrected chi connectivity index (χ1v) is 2.42. The van der Waals surface area contributed by atoms with E-state index in [1.807, 2.05) is 13.8 Å². The fourth-order valence-corrected chi connectivity index (χ4v) is 0.512. The molecule has 0 N–H and O–H groups in total. The van der Waals surface area contributed by atoms with Gasteiger partial charge in [-0.05, 0) is 13.8 Å². The van der Waals surface area contributed by atoms with Gasteiger partial charge in [0.2, 0.25) is 0 Å². The minimum atomic E-state index is -0.0625. The van der Waals surface area contributed by atoms with Crippen molar-refractivity contribution in [3.05, 3.63) is 0 Å². The highest BCUT2D eigenvalue weighted by Crippen LogP contribution is 2.19. The topological polar surface area (TPSA) is 26.3 Å². The molecular formula is C5H8O2. The monoisotopic (exact) mass is 100 g/mol. The van der Waals surface area contributed by atoms with E-state index in [1.54, 1.807) is 0 Å². The third-order valence-electron chi connectivity index (χ3n) is 1.38. The van der Waals surface area contributed by atoms with E-state index in [0.29, 0.717) is 0 Å². The van der Waals surface area contributed by atoms with Gasteiger partial charge in [0, 0.05) is 0 Å². The lowest BCUT2D eigenvalue weighted by atomic mass is 10.0. The molecule has 7 heavy (non-hydrogen) atoms. The van der Waals surface area contributed by atoms with Crippen LogP contribution < -0.4 is 0 Å². The summed E-state index contributed by atoms with van der Waals surface area (Å²) < 4.78 is 4.61. The maximum atomic E-state index is 10.2. The molecule has 1 aliphatic heterocycles. The Morgan fingerprint density at radius 1 is 1.57 bits per heavy atom. The largest absolute Gasteiger partial charge is 0.461 e. The van der Waals surface area contributed by atoms with Crippen LogP contribution in [0.25, 0.3) is 0 Å². The minimum absolute atomic E-state index is 0.0625. The number of carbonyl (C=O) groups is 1. The van der Waals surface area contributed by atoms with E-state index in [9.17, 15) is 4.79 Å². The quantitative estimate of drug-likeness (QED) is 0.416. The van der Waals surface area contributed by atoms with Gasteiger partial charge in [-0.15, -0.1) is 0 Å². The van der Waals surface area contributed by atoms with Crippen molar-refractivity contribution in [2.45, 2.75) is 20.0 Å². The Balaban J connectivity index is 2.43. The van der Waals surface area contributed by atoms with Crippen LogP contribution in [0.2, 0.25) is 0 Å². The maximum absolute atomic E-state index is 10.2. The lowest BCUT2D eigenvalue weighted by molar-refractivity contribution is -0.179. The normalized spacial score (nSPS) is 39.4. The van der Waals surface area contributed by atoms with Crippen molar-refractivity contribution in [2.75, 3.05) is 0 Å². The molecule has 0 amide bonds. The summed E-state index contributed by atoms with van der Waals surface area (Å²) in [5.41, 5.74) is 0. The number of rotatable bonds is 0. The third-order valence-corrected chi connectivity index (χ3v) is 1.38. The first-order chi connectivity index (χ1) is 3.22. The fourth-order valence-electron chi connectivity index (χ4n) is 0.512. The van der Waals surface area contributed by atoms with Gasteiger partial charge in [-0.3, -0.25) is 4.79 Å². The van der Waals surface area contributed by atoms with Gasteiger partial charge in [0.15, 0.2) is 0 Å². The molecule has 2 heteroatoms. The number of cyclic esters (lactones) is 1. The Hall–Kier alpha value is -0.530. The second kappa shape index (κ2) is 1.22. The molecule has 1 fully saturated rings. The Morgan fingerprint density at radius 3 is 2.14 bits per heavy atom. The summed E-state index contributed by atoms with van der Waals surface area (Å²) in [6.45, 7) is 3.77. The minimum Gasteiger partial charge on any atom is -0.461 e. The zero-order valence-electron chi connectivity index (χ0n) is 4.47. The molecule has 1 saturated heterocycles. The van der Waals surface area contributed by atoms with Crippen LogP contribution in [0.4, 0.5) is 0 Å². The Labute approximate surface area is 42.5 Å². The van der Waals surface area contributed by atoms with Gasteiger partial charge >= 0.3 is 5.97 Å². The maximum Gasteiger partial charge on any atom is 0.312 e. The summed E-state index contributed by atoms with van der Waals surface area (Å²) in [7, 11) is 0. The van der Waals surface area contributed by atoms with Crippen molar-refractivity contribution in [3.8, 4) is 0 Å². The van der Waals surface area contributed by atoms with Gasteiger partial charge in [0.1, 0.15) is 6.10 Å². The van der Waals surface area contributed by atoms with E-state index in [2.05, 4.69) is 4.74 Å². The average Bonchev–Trinajstić information content (AvgIpc) is 1.68. The number of hydrogen-bond donors (Lipinski definition) is 0. The molecule has 2 atom stereocenters. The Bertz CT molecular complexity index is 98.3. The second-order valence-corrected chi connectivity index (χ2v) is 1.93. The molecule has 0 spiro atoms. The first kappa shape index (κ1) is 4.62. The van der Waals surface area contributed by atoms with Crippen LogP contribution in [0.3, 0.4) is 0 Å². The predicted octanol–water partition coefficient (Wildman–Crippen LogP) is 0.568. The van der Waals surface area contributed by atoms with Crippen LogP contribution in [0.1, 0.15) is 13.8 Å². The van der Waals surface area contributed by atoms with E-state index >= 15 is 0 Å². The highest BCUT2D eigenvalue weighted by atomic mass is 16.6. The molecule has 0 aromatic heterocycles. The van der Waals surface area contributed by atoms with Gasteiger partial charge in [0.25, 0.3) is 0 Å². The molecule has 2 nitrogen and oxygen atoms in total. The van der Waals surface area contributed by atoms with Crippen molar-refractivity contribution in [2.24, 2.45) is 5.92 Å². The van der Waals surface area contributed by atoms with Crippen molar-refractivity contribution in [1.29, 1.82) is 0 Å². The smallest absolute Gasteiger partial charge is 0.312 e. The second-order valence-electron chi connectivity index (χ2n) is 1.93. The molecule has 0 unspecified atom stereocenters. The van der Waals surface area contributed by atoms with Gasteiger partial charge in [0.05, 0.1) is 5.92 Å². The summed E-state index contributed by atoms with van der Waals surface area (Å²) in [6, 6.07) is 0. The predicted molar refractivity (Wildman–Crippen MR) is 24.7 cm³/mol. The summed E-state index contributed by atoms with van der Waals surface area (Å²) in [5.74, 6) is 0.0764. The summed E-state index contributed by atoms with van der Waals surface area (Å²) in [5, 5.41) is 0. The molecule has 0 aromatic rings. The van der Waals surface area contributed by atoms with Crippen LogP contribution in [0.15, 0.2) is 0 Å². The fraction of sp³-hybridized carbons (Fsp3) is 0.800.